The Labute approximate surface area is 70.2 Å². The molecule has 1 aromatic rings. The largest absolute Gasteiger partial charge is 0.321 e. The normalized spacial score (nSPS) is 13.0. The molecule has 1 rings (SSSR count). The van der Waals surface area contributed by atoms with Crippen molar-refractivity contribution in [2.75, 3.05) is 0 Å². The van der Waals surface area contributed by atoms with E-state index in [1.165, 1.54) is 11.1 Å². The molecule has 0 saturated heterocycles. The SMILES string of the molecule is CCc1ccc(C(N)P)cc1. The first kappa shape index (κ1) is 8.70. The maximum Gasteiger partial charge on any atom is 0.0438 e. The Hall–Kier alpha value is -0.390. The average Bonchev–Trinajstić information content (AvgIpc) is 2.05. The summed E-state index contributed by atoms with van der Waals surface area (Å²) >= 11 is 0. The van der Waals surface area contributed by atoms with Crippen LogP contribution < -0.4 is 5.73 Å². The van der Waals surface area contributed by atoms with Gasteiger partial charge in [-0.3, -0.25) is 0 Å². The van der Waals surface area contributed by atoms with Gasteiger partial charge < -0.3 is 5.73 Å². The van der Waals surface area contributed by atoms with Gasteiger partial charge in [0.05, 0.1) is 0 Å². The summed E-state index contributed by atoms with van der Waals surface area (Å²) in [6.45, 7) is 2.15. The molecule has 2 N–H and O–H groups in total. The molecule has 2 heteroatoms. The molecule has 0 bridgehead atoms. The van der Waals surface area contributed by atoms with Crippen molar-refractivity contribution in [2.45, 2.75) is 19.1 Å². The second-order valence-electron chi connectivity index (χ2n) is 2.62. The van der Waals surface area contributed by atoms with E-state index in [0.29, 0.717) is 0 Å². The Morgan fingerprint density at radius 3 is 2.27 bits per heavy atom. The first-order valence-corrected chi connectivity index (χ1v) is 4.50. The lowest BCUT2D eigenvalue weighted by molar-refractivity contribution is 1.03. The lowest BCUT2D eigenvalue weighted by Crippen LogP contribution is -2.00. The molecular weight excluding hydrogens is 153 g/mol. The zero-order valence-corrected chi connectivity index (χ0v) is 7.90. The lowest BCUT2D eigenvalue weighted by atomic mass is 10.1. The van der Waals surface area contributed by atoms with Gasteiger partial charge in [-0.2, -0.15) is 0 Å². The van der Waals surface area contributed by atoms with Crippen LogP contribution in [0.1, 0.15) is 23.8 Å². The third-order valence-corrected chi connectivity index (χ3v) is 2.16. The highest BCUT2D eigenvalue weighted by Crippen LogP contribution is 2.16. The number of hydrogen-bond acceptors (Lipinski definition) is 1. The second kappa shape index (κ2) is 3.85. The van der Waals surface area contributed by atoms with Crippen molar-refractivity contribution in [2.24, 2.45) is 5.73 Å². The molecule has 0 aliphatic rings. The smallest absolute Gasteiger partial charge is 0.0438 e. The van der Waals surface area contributed by atoms with Crippen LogP contribution in [0.25, 0.3) is 0 Å². The van der Waals surface area contributed by atoms with Crippen molar-refractivity contribution in [3.63, 3.8) is 0 Å². The van der Waals surface area contributed by atoms with Gasteiger partial charge in [-0.05, 0) is 17.5 Å². The van der Waals surface area contributed by atoms with E-state index in [-0.39, 0.29) is 5.78 Å². The first-order valence-electron chi connectivity index (χ1n) is 3.84. The number of aryl methyl sites for hydroxylation is 1. The summed E-state index contributed by atoms with van der Waals surface area (Å²) in [4.78, 5) is 0. The molecule has 1 aromatic carbocycles. The van der Waals surface area contributed by atoms with Gasteiger partial charge in [-0.25, -0.2) is 0 Å². The Kier molecular flexibility index (Phi) is 3.04. The maximum atomic E-state index is 5.67. The van der Waals surface area contributed by atoms with Crippen LogP contribution in [0.15, 0.2) is 24.3 Å². The number of hydrogen-bond donors (Lipinski definition) is 1. The monoisotopic (exact) mass is 167 g/mol. The fourth-order valence-electron chi connectivity index (χ4n) is 0.976. The van der Waals surface area contributed by atoms with E-state index in [9.17, 15) is 0 Å². The van der Waals surface area contributed by atoms with Crippen LogP contribution in [0.5, 0.6) is 0 Å². The zero-order valence-electron chi connectivity index (χ0n) is 6.75. The fourth-order valence-corrected chi connectivity index (χ4v) is 1.20. The predicted molar refractivity (Wildman–Crippen MR) is 52.5 cm³/mol. The average molecular weight is 167 g/mol. The van der Waals surface area contributed by atoms with Crippen LogP contribution in [-0.4, -0.2) is 0 Å². The summed E-state index contributed by atoms with van der Waals surface area (Å²) in [6, 6.07) is 8.41. The Morgan fingerprint density at radius 2 is 1.91 bits per heavy atom. The summed E-state index contributed by atoms with van der Waals surface area (Å²) in [5.74, 6) is 0.0703. The van der Waals surface area contributed by atoms with Crippen LogP contribution in [0.4, 0.5) is 0 Å². The molecule has 0 saturated carbocycles. The fraction of sp³-hybridized carbons (Fsp3) is 0.333. The minimum Gasteiger partial charge on any atom is -0.321 e. The van der Waals surface area contributed by atoms with E-state index in [4.69, 9.17) is 5.73 Å². The second-order valence-corrected chi connectivity index (χ2v) is 3.34. The molecule has 2 atom stereocenters. The number of rotatable bonds is 2. The van der Waals surface area contributed by atoms with Crippen molar-refractivity contribution in [1.82, 2.24) is 0 Å². The molecule has 2 unspecified atom stereocenters. The van der Waals surface area contributed by atoms with Crippen LogP contribution in [0.3, 0.4) is 0 Å². The Bertz CT molecular complexity index is 216. The topological polar surface area (TPSA) is 26.0 Å². The molecule has 0 aromatic heterocycles. The van der Waals surface area contributed by atoms with Crippen molar-refractivity contribution >= 4 is 9.24 Å². The third-order valence-electron chi connectivity index (χ3n) is 1.77. The van der Waals surface area contributed by atoms with Crippen molar-refractivity contribution in [1.29, 1.82) is 0 Å². The van der Waals surface area contributed by atoms with Gasteiger partial charge in [-0.1, -0.05) is 31.2 Å². The maximum absolute atomic E-state index is 5.67. The van der Waals surface area contributed by atoms with Crippen LogP contribution in [0, 0.1) is 0 Å². The Morgan fingerprint density at radius 1 is 1.36 bits per heavy atom. The minimum atomic E-state index is 0.0703. The summed E-state index contributed by atoms with van der Waals surface area (Å²) in [7, 11) is 2.58. The molecular formula is C9H14NP. The standard InChI is InChI=1S/C9H14NP/c1-2-7-3-5-8(6-4-7)9(10)11/h3-6,9H,2,10-11H2,1H3. The van der Waals surface area contributed by atoms with Gasteiger partial charge in [-0.15, -0.1) is 9.24 Å². The van der Waals surface area contributed by atoms with E-state index >= 15 is 0 Å². The zero-order chi connectivity index (χ0) is 8.27. The van der Waals surface area contributed by atoms with Crippen LogP contribution in [-0.2, 0) is 6.42 Å². The van der Waals surface area contributed by atoms with E-state index in [2.05, 4.69) is 40.4 Å². The molecule has 0 radical (unpaired) electrons. The van der Waals surface area contributed by atoms with Gasteiger partial charge in [0.2, 0.25) is 0 Å². The lowest BCUT2D eigenvalue weighted by Gasteiger charge is -2.05. The van der Waals surface area contributed by atoms with Gasteiger partial charge in [0.25, 0.3) is 0 Å². The van der Waals surface area contributed by atoms with Gasteiger partial charge in [0, 0.05) is 5.78 Å². The molecule has 0 fully saturated rings. The van der Waals surface area contributed by atoms with Crippen molar-refractivity contribution in [3.8, 4) is 0 Å². The number of benzene rings is 1. The first-order chi connectivity index (χ1) is 5.24. The van der Waals surface area contributed by atoms with E-state index in [0.717, 1.165) is 6.42 Å². The predicted octanol–water partition coefficient (Wildman–Crippen LogP) is 2.08. The quantitative estimate of drug-likeness (QED) is 0.670. The van der Waals surface area contributed by atoms with Gasteiger partial charge in [0.15, 0.2) is 0 Å². The van der Waals surface area contributed by atoms with E-state index in [1.807, 2.05) is 0 Å². The van der Waals surface area contributed by atoms with Crippen molar-refractivity contribution in [3.05, 3.63) is 35.4 Å². The molecule has 1 nitrogen and oxygen atoms in total. The molecule has 0 amide bonds. The van der Waals surface area contributed by atoms with Gasteiger partial charge in [0.1, 0.15) is 0 Å². The summed E-state index contributed by atoms with van der Waals surface area (Å²) in [6.07, 6.45) is 1.09. The molecule has 0 heterocycles. The molecule has 0 spiro atoms. The summed E-state index contributed by atoms with van der Waals surface area (Å²) < 4.78 is 0. The molecule has 60 valence electrons. The third kappa shape index (κ3) is 2.28. The number of nitrogens with two attached hydrogens (primary N) is 1. The highest BCUT2D eigenvalue weighted by atomic mass is 31.0. The summed E-state index contributed by atoms with van der Waals surface area (Å²) in [5.41, 5.74) is 8.20. The van der Waals surface area contributed by atoms with E-state index < -0.39 is 0 Å². The molecule has 0 aliphatic heterocycles. The highest BCUT2D eigenvalue weighted by molar-refractivity contribution is 7.17. The van der Waals surface area contributed by atoms with Crippen LogP contribution >= 0.6 is 9.24 Å². The minimum absolute atomic E-state index is 0.0703. The summed E-state index contributed by atoms with van der Waals surface area (Å²) in [5, 5.41) is 0. The van der Waals surface area contributed by atoms with E-state index in [1.54, 1.807) is 0 Å². The van der Waals surface area contributed by atoms with Crippen LogP contribution in [0.2, 0.25) is 0 Å². The highest BCUT2D eigenvalue weighted by Gasteiger charge is 1.96. The van der Waals surface area contributed by atoms with Gasteiger partial charge >= 0.3 is 0 Å². The van der Waals surface area contributed by atoms with Crippen molar-refractivity contribution < 1.29 is 0 Å². The Balaban J connectivity index is 2.83. The molecule has 11 heavy (non-hydrogen) atoms. The molecule has 0 aliphatic carbocycles.